The Labute approximate surface area is 164 Å². The Morgan fingerprint density at radius 1 is 0.679 bits per heavy atom. The smallest absolute Gasteiger partial charge is 0.246 e. The molecule has 3 rings (SSSR count). The first-order valence-corrected chi connectivity index (χ1v) is 9.12. The number of anilines is 3. The molecule has 0 saturated heterocycles. The molecule has 2 amide bonds. The molecule has 1 atom stereocenters. The number of hydrogen-bond acceptors (Lipinski definition) is 3. The second kappa shape index (κ2) is 8.86. The molecule has 0 unspecified atom stereocenters. The van der Waals surface area contributed by atoms with E-state index >= 15 is 0 Å². The van der Waals surface area contributed by atoms with E-state index in [2.05, 4.69) is 28.1 Å². The van der Waals surface area contributed by atoms with Crippen LogP contribution < -0.4 is 16.0 Å². The van der Waals surface area contributed by atoms with Crippen LogP contribution in [0.5, 0.6) is 0 Å². The van der Waals surface area contributed by atoms with Gasteiger partial charge in [-0.15, -0.1) is 0 Å². The van der Waals surface area contributed by atoms with Crippen molar-refractivity contribution in [3.8, 4) is 11.1 Å². The fourth-order valence-electron chi connectivity index (χ4n) is 2.80. The summed E-state index contributed by atoms with van der Waals surface area (Å²) in [5.74, 6) is -0.271. The second-order valence-electron chi connectivity index (χ2n) is 6.56. The van der Waals surface area contributed by atoms with Gasteiger partial charge in [-0.3, -0.25) is 9.59 Å². The van der Waals surface area contributed by atoms with E-state index in [-0.39, 0.29) is 11.8 Å². The third-order valence-electron chi connectivity index (χ3n) is 4.24. The topological polar surface area (TPSA) is 70.2 Å². The SMILES string of the molecule is CC(=O)Nc1ccc(NC(=O)[C@@H](C)Nc2ccc(-c3ccccc3)cc2)cc1. The second-order valence-corrected chi connectivity index (χ2v) is 6.56. The molecule has 142 valence electrons. The molecule has 0 aliphatic carbocycles. The van der Waals surface area contributed by atoms with Crippen LogP contribution in [0, 0.1) is 0 Å². The Morgan fingerprint density at radius 3 is 1.75 bits per heavy atom. The monoisotopic (exact) mass is 373 g/mol. The molecule has 28 heavy (non-hydrogen) atoms. The molecule has 0 fully saturated rings. The molecule has 0 heterocycles. The number of carbonyl (C=O) groups is 2. The van der Waals surface area contributed by atoms with Crippen molar-refractivity contribution >= 4 is 28.9 Å². The molecular formula is C23H23N3O2. The van der Waals surface area contributed by atoms with Crippen LogP contribution in [-0.4, -0.2) is 17.9 Å². The van der Waals surface area contributed by atoms with Gasteiger partial charge in [-0.05, 0) is 54.4 Å². The lowest BCUT2D eigenvalue weighted by atomic mass is 10.1. The first-order valence-electron chi connectivity index (χ1n) is 9.12. The van der Waals surface area contributed by atoms with E-state index < -0.39 is 6.04 Å². The lowest BCUT2D eigenvalue weighted by Gasteiger charge is -2.16. The van der Waals surface area contributed by atoms with Gasteiger partial charge in [-0.25, -0.2) is 0 Å². The average Bonchev–Trinajstić information content (AvgIpc) is 2.70. The predicted octanol–water partition coefficient (Wildman–Crippen LogP) is 4.75. The maximum atomic E-state index is 12.4. The summed E-state index contributed by atoms with van der Waals surface area (Å²) in [7, 11) is 0. The highest BCUT2D eigenvalue weighted by atomic mass is 16.2. The van der Waals surface area contributed by atoms with Crippen LogP contribution in [0.2, 0.25) is 0 Å². The predicted molar refractivity (Wildman–Crippen MR) is 114 cm³/mol. The molecule has 3 N–H and O–H groups in total. The first kappa shape index (κ1) is 19.2. The highest BCUT2D eigenvalue weighted by molar-refractivity contribution is 5.96. The quantitative estimate of drug-likeness (QED) is 0.584. The number of carbonyl (C=O) groups excluding carboxylic acids is 2. The third-order valence-corrected chi connectivity index (χ3v) is 4.24. The van der Waals surface area contributed by atoms with Gasteiger partial charge in [0.05, 0.1) is 0 Å². The fraction of sp³-hybridized carbons (Fsp3) is 0.130. The van der Waals surface area contributed by atoms with Gasteiger partial charge >= 0.3 is 0 Å². The van der Waals surface area contributed by atoms with Crippen molar-refractivity contribution in [2.24, 2.45) is 0 Å². The standard InChI is InChI=1S/C23H23N3O2/c1-16(23(28)26-22-14-12-21(13-15-22)25-17(2)27)24-20-10-8-19(9-11-20)18-6-4-3-5-7-18/h3-16,24H,1-2H3,(H,25,27)(H,26,28)/t16-/m1/s1. The van der Waals surface area contributed by atoms with E-state index in [4.69, 9.17) is 0 Å². The number of rotatable bonds is 6. The molecule has 3 aromatic rings. The molecule has 3 aromatic carbocycles. The molecule has 5 nitrogen and oxygen atoms in total. The van der Waals surface area contributed by atoms with Gasteiger partial charge in [-0.2, -0.15) is 0 Å². The van der Waals surface area contributed by atoms with Gasteiger partial charge in [-0.1, -0.05) is 42.5 Å². The number of amides is 2. The van der Waals surface area contributed by atoms with Gasteiger partial charge in [0, 0.05) is 24.0 Å². The lowest BCUT2D eigenvalue weighted by molar-refractivity contribution is -0.116. The Kier molecular flexibility index (Phi) is 6.07. The van der Waals surface area contributed by atoms with Crippen molar-refractivity contribution in [2.45, 2.75) is 19.9 Å². The van der Waals surface area contributed by atoms with Crippen molar-refractivity contribution < 1.29 is 9.59 Å². The average molecular weight is 373 g/mol. The van der Waals surface area contributed by atoms with E-state index in [1.807, 2.05) is 49.4 Å². The zero-order valence-electron chi connectivity index (χ0n) is 15.9. The van der Waals surface area contributed by atoms with Crippen LogP contribution in [-0.2, 0) is 9.59 Å². The van der Waals surface area contributed by atoms with Crippen LogP contribution in [0.25, 0.3) is 11.1 Å². The van der Waals surface area contributed by atoms with Crippen LogP contribution in [0.15, 0.2) is 78.9 Å². The van der Waals surface area contributed by atoms with E-state index in [1.54, 1.807) is 24.3 Å². The molecule has 0 saturated carbocycles. The Morgan fingerprint density at radius 2 is 1.18 bits per heavy atom. The summed E-state index contributed by atoms with van der Waals surface area (Å²) in [6, 6.07) is 24.7. The molecule has 0 bridgehead atoms. The number of nitrogens with one attached hydrogen (secondary N) is 3. The zero-order valence-corrected chi connectivity index (χ0v) is 15.9. The summed E-state index contributed by atoms with van der Waals surface area (Å²) >= 11 is 0. The summed E-state index contributed by atoms with van der Waals surface area (Å²) in [4.78, 5) is 23.5. The van der Waals surface area contributed by atoms with Crippen LogP contribution in [0.3, 0.4) is 0 Å². The van der Waals surface area contributed by atoms with E-state index in [9.17, 15) is 9.59 Å². The van der Waals surface area contributed by atoms with E-state index in [0.29, 0.717) is 11.4 Å². The maximum absolute atomic E-state index is 12.4. The van der Waals surface area contributed by atoms with Gasteiger partial charge in [0.1, 0.15) is 6.04 Å². The largest absolute Gasteiger partial charge is 0.374 e. The summed E-state index contributed by atoms with van der Waals surface area (Å²) in [6.45, 7) is 3.27. The van der Waals surface area contributed by atoms with Gasteiger partial charge < -0.3 is 16.0 Å². The van der Waals surface area contributed by atoms with Crippen molar-refractivity contribution in [1.82, 2.24) is 0 Å². The first-order chi connectivity index (χ1) is 13.5. The highest BCUT2D eigenvalue weighted by Gasteiger charge is 2.13. The molecule has 5 heteroatoms. The zero-order chi connectivity index (χ0) is 19.9. The highest BCUT2D eigenvalue weighted by Crippen LogP contribution is 2.21. The van der Waals surface area contributed by atoms with Crippen molar-refractivity contribution in [3.05, 3.63) is 78.9 Å². The molecule has 0 aliphatic rings. The van der Waals surface area contributed by atoms with E-state index in [1.165, 1.54) is 6.92 Å². The molecule has 0 spiro atoms. The fourth-order valence-corrected chi connectivity index (χ4v) is 2.80. The molecular weight excluding hydrogens is 350 g/mol. The Bertz CT molecular complexity index is 936. The maximum Gasteiger partial charge on any atom is 0.246 e. The normalized spacial score (nSPS) is 11.4. The van der Waals surface area contributed by atoms with Crippen LogP contribution in [0.4, 0.5) is 17.1 Å². The summed E-state index contributed by atoms with van der Waals surface area (Å²) < 4.78 is 0. The minimum Gasteiger partial charge on any atom is -0.374 e. The summed E-state index contributed by atoms with van der Waals surface area (Å²) in [6.07, 6.45) is 0. The van der Waals surface area contributed by atoms with Crippen molar-refractivity contribution in [3.63, 3.8) is 0 Å². The third kappa shape index (κ3) is 5.20. The number of benzene rings is 3. The molecule has 0 aromatic heterocycles. The lowest BCUT2D eigenvalue weighted by Crippen LogP contribution is -2.31. The summed E-state index contributed by atoms with van der Waals surface area (Å²) in [5.41, 5.74) is 4.52. The Hall–Kier alpha value is -3.60. The van der Waals surface area contributed by atoms with Gasteiger partial charge in [0.15, 0.2) is 0 Å². The van der Waals surface area contributed by atoms with Crippen LogP contribution in [0.1, 0.15) is 13.8 Å². The minimum atomic E-state index is -0.405. The van der Waals surface area contributed by atoms with Gasteiger partial charge in [0.25, 0.3) is 0 Å². The van der Waals surface area contributed by atoms with Gasteiger partial charge in [0.2, 0.25) is 11.8 Å². The molecule has 0 aliphatic heterocycles. The Balaban J connectivity index is 1.57. The minimum absolute atomic E-state index is 0.132. The van der Waals surface area contributed by atoms with E-state index in [0.717, 1.165) is 16.8 Å². The summed E-state index contributed by atoms with van der Waals surface area (Å²) in [5, 5.41) is 8.77. The van der Waals surface area contributed by atoms with Crippen molar-refractivity contribution in [1.29, 1.82) is 0 Å². The van der Waals surface area contributed by atoms with Crippen molar-refractivity contribution in [2.75, 3.05) is 16.0 Å². The molecule has 0 radical (unpaired) electrons. The number of hydrogen-bond donors (Lipinski definition) is 3. The van der Waals surface area contributed by atoms with Crippen LogP contribution >= 0.6 is 0 Å².